The molecule has 2 fully saturated rings. The number of benzene rings is 3. The molecule has 4 nitrogen and oxygen atoms in total. The van der Waals surface area contributed by atoms with Crippen LogP contribution in [-0.2, 0) is 11.8 Å². The maximum absolute atomic E-state index is 10.1. The Morgan fingerprint density at radius 1 is 0.825 bits per heavy atom. The smallest absolute Gasteiger partial charge is 0.216 e. The first kappa shape index (κ1) is 25.1. The number of nitriles is 1. The summed E-state index contributed by atoms with van der Waals surface area (Å²) in [5.74, 6) is 1.33. The van der Waals surface area contributed by atoms with Gasteiger partial charge in [0, 0.05) is 35.1 Å². The standard InChI is InChI=1S/C36H35N2O2/c1-23-8-18-29-30-19-17-28(22-37)34(36(30)40-35(29)33(23)31-6-3-4-20-38(31)2)27-15-11-25(12-16-27)24-9-13-26(14-10-24)32-7-5-21-39-32/h3-4,6,8,11-12,15-20,24,26,32H,5,7,9-10,13-14,21H2,1-2H3/q+1. The fourth-order valence-corrected chi connectivity index (χ4v) is 7.20. The molecule has 1 saturated heterocycles. The molecular weight excluding hydrogens is 492 g/mol. The zero-order valence-corrected chi connectivity index (χ0v) is 23.3. The van der Waals surface area contributed by atoms with Crippen molar-refractivity contribution in [2.75, 3.05) is 6.61 Å². The summed E-state index contributed by atoms with van der Waals surface area (Å²) in [7, 11) is 2.06. The van der Waals surface area contributed by atoms with E-state index in [9.17, 15) is 5.26 Å². The lowest BCUT2D eigenvalue weighted by Gasteiger charge is -2.32. The minimum Gasteiger partial charge on any atom is -0.454 e. The lowest BCUT2D eigenvalue weighted by Crippen LogP contribution is -2.30. The van der Waals surface area contributed by atoms with Crippen LogP contribution in [-0.4, -0.2) is 12.7 Å². The van der Waals surface area contributed by atoms with E-state index in [1.54, 1.807) is 0 Å². The number of pyridine rings is 1. The Kier molecular flexibility index (Phi) is 6.41. The van der Waals surface area contributed by atoms with Gasteiger partial charge in [0.25, 0.3) is 0 Å². The summed E-state index contributed by atoms with van der Waals surface area (Å²) in [4.78, 5) is 0. The number of ether oxygens (including phenoxy) is 1. The molecule has 1 unspecified atom stereocenters. The molecule has 40 heavy (non-hydrogen) atoms. The van der Waals surface area contributed by atoms with Gasteiger partial charge in [-0.2, -0.15) is 5.26 Å². The maximum Gasteiger partial charge on any atom is 0.216 e. The average Bonchev–Trinajstić information content (AvgIpc) is 3.66. The highest BCUT2D eigenvalue weighted by Gasteiger charge is 2.31. The molecule has 2 aromatic heterocycles. The van der Waals surface area contributed by atoms with E-state index in [1.165, 1.54) is 44.1 Å². The van der Waals surface area contributed by atoms with Crippen LogP contribution >= 0.6 is 0 Å². The highest BCUT2D eigenvalue weighted by molar-refractivity contribution is 6.14. The zero-order chi connectivity index (χ0) is 27.2. The van der Waals surface area contributed by atoms with Gasteiger partial charge in [-0.3, -0.25) is 0 Å². The van der Waals surface area contributed by atoms with Crippen molar-refractivity contribution in [1.29, 1.82) is 5.26 Å². The van der Waals surface area contributed by atoms with Crippen molar-refractivity contribution in [2.24, 2.45) is 13.0 Å². The van der Waals surface area contributed by atoms with Crippen molar-refractivity contribution in [3.05, 3.63) is 89.6 Å². The van der Waals surface area contributed by atoms with Gasteiger partial charge in [-0.25, -0.2) is 4.57 Å². The van der Waals surface area contributed by atoms with Crippen molar-refractivity contribution < 1.29 is 13.7 Å². The lowest BCUT2D eigenvalue weighted by molar-refractivity contribution is -0.660. The van der Waals surface area contributed by atoms with Crippen molar-refractivity contribution >= 4 is 21.9 Å². The second-order valence-corrected chi connectivity index (χ2v) is 11.7. The van der Waals surface area contributed by atoms with Crippen LogP contribution in [0.25, 0.3) is 44.3 Å². The summed E-state index contributed by atoms with van der Waals surface area (Å²) < 4.78 is 14.8. The van der Waals surface area contributed by atoms with Gasteiger partial charge >= 0.3 is 0 Å². The highest BCUT2D eigenvalue weighted by Crippen LogP contribution is 2.43. The minimum absolute atomic E-state index is 0.491. The normalized spacial score (nSPS) is 21.2. The third kappa shape index (κ3) is 4.21. The number of hydrogen-bond acceptors (Lipinski definition) is 3. The van der Waals surface area contributed by atoms with Gasteiger partial charge in [0.05, 0.1) is 23.3 Å². The second kappa shape index (κ2) is 10.2. The third-order valence-corrected chi connectivity index (χ3v) is 9.38. The van der Waals surface area contributed by atoms with Crippen LogP contribution in [0.3, 0.4) is 0 Å². The van der Waals surface area contributed by atoms with Crippen molar-refractivity contribution in [1.82, 2.24) is 0 Å². The molecule has 5 aromatic rings. The van der Waals surface area contributed by atoms with E-state index in [-0.39, 0.29) is 0 Å². The Morgan fingerprint density at radius 3 is 2.27 bits per heavy atom. The minimum atomic E-state index is 0.491. The second-order valence-electron chi connectivity index (χ2n) is 11.7. The Morgan fingerprint density at radius 2 is 1.57 bits per heavy atom. The summed E-state index contributed by atoms with van der Waals surface area (Å²) in [6.07, 6.45) is 9.99. The fourth-order valence-electron chi connectivity index (χ4n) is 7.20. The molecular formula is C36H35N2O2+. The molecule has 3 heterocycles. The number of rotatable bonds is 4. The van der Waals surface area contributed by atoms with Crippen LogP contribution in [0.4, 0.5) is 0 Å². The Labute approximate surface area is 235 Å². The first-order valence-electron chi connectivity index (χ1n) is 14.7. The van der Waals surface area contributed by atoms with Gasteiger partial charge in [0.1, 0.15) is 18.2 Å². The number of hydrogen-bond donors (Lipinski definition) is 0. The van der Waals surface area contributed by atoms with Crippen molar-refractivity contribution in [3.8, 4) is 28.5 Å². The van der Waals surface area contributed by atoms with E-state index in [2.05, 4.69) is 79.3 Å². The summed E-state index contributed by atoms with van der Waals surface area (Å²) in [6.45, 7) is 3.07. The van der Waals surface area contributed by atoms with Crippen LogP contribution in [0, 0.1) is 24.2 Å². The van der Waals surface area contributed by atoms with Crippen LogP contribution in [0.5, 0.6) is 0 Å². The molecule has 4 heteroatoms. The van der Waals surface area contributed by atoms with E-state index >= 15 is 0 Å². The SMILES string of the molecule is Cc1ccc2c(oc3c(-c4ccc(C5CCC(C6CCCO6)CC5)cc4)c(C#N)ccc32)c1-c1cccc[n+]1C. The summed E-state index contributed by atoms with van der Waals surface area (Å²) in [5.41, 5.74) is 8.96. The fraction of sp³-hybridized carbons (Fsp3) is 0.333. The predicted octanol–water partition coefficient (Wildman–Crippen LogP) is 8.38. The molecule has 3 aromatic carbocycles. The monoisotopic (exact) mass is 527 g/mol. The van der Waals surface area contributed by atoms with Gasteiger partial charge in [-0.15, -0.1) is 0 Å². The molecule has 0 N–H and O–H groups in total. The number of nitrogens with zero attached hydrogens (tertiary/aromatic N) is 2. The van der Waals surface area contributed by atoms with E-state index in [4.69, 9.17) is 9.15 Å². The third-order valence-electron chi connectivity index (χ3n) is 9.38. The molecule has 2 aliphatic rings. The van der Waals surface area contributed by atoms with Gasteiger partial charge in [-0.05, 0) is 92.2 Å². The number of fused-ring (bicyclic) bond motifs is 3. The first-order valence-corrected chi connectivity index (χ1v) is 14.7. The molecule has 0 bridgehead atoms. The van der Waals surface area contributed by atoms with Gasteiger partial charge in [-0.1, -0.05) is 36.4 Å². The lowest BCUT2D eigenvalue weighted by atomic mass is 9.76. The van der Waals surface area contributed by atoms with Crippen molar-refractivity contribution in [3.63, 3.8) is 0 Å². The number of furan rings is 1. The van der Waals surface area contributed by atoms with Crippen LogP contribution in [0.2, 0.25) is 0 Å². The van der Waals surface area contributed by atoms with E-state index < -0.39 is 0 Å². The molecule has 1 atom stereocenters. The molecule has 0 amide bonds. The van der Waals surface area contributed by atoms with Crippen LogP contribution in [0.1, 0.15) is 61.1 Å². The van der Waals surface area contributed by atoms with Crippen molar-refractivity contribution in [2.45, 2.75) is 57.5 Å². The molecule has 0 spiro atoms. The Balaban J connectivity index is 1.27. The van der Waals surface area contributed by atoms with E-state index in [0.717, 1.165) is 62.4 Å². The van der Waals surface area contributed by atoms with Crippen LogP contribution < -0.4 is 4.57 Å². The summed E-state index contributed by atoms with van der Waals surface area (Å²) in [5, 5.41) is 12.2. The average molecular weight is 528 g/mol. The topological polar surface area (TPSA) is 50.0 Å². The van der Waals surface area contributed by atoms with Gasteiger partial charge in [0.2, 0.25) is 5.69 Å². The number of aromatic nitrogens is 1. The zero-order valence-electron chi connectivity index (χ0n) is 23.3. The maximum atomic E-state index is 10.1. The summed E-state index contributed by atoms with van der Waals surface area (Å²) in [6, 6.07) is 25.9. The largest absolute Gasteiger partial charge is 0.454 e. The highest BCUT2D eigenvalue weighted by atomic mass is 16.5. The molecule has 200 valence electrons. The Bertz CT molecular complexity index is 1740. The van der Waals surface area contributed by atoms with Gasteiger partial charge in [0.15, 0.2) is 6.20 Å². The predicted molar refractivity (Wildman–Crippen MR) is 159 cm³/mol. The Hall–Kier alpha value is -3.94. The summed E-state index contributed by atoms with van der Waals surface area (Å²) >= 11 is 0. The van der Waals surface area contributed by atoms with E-state index in [0.29, 0.717) is 17.6 Å². The molecule has 1 aliphatic carbocycles. The van der Waals surface area contributed by atoms with Crippen LogP contribution in [0.15, 0.2) is 77.3 Å². The quantitative estimate of drug-likeness (QED) is 0.221. The molecule has 0 radical (unpaired) electrons. The molecule has 1 saturated carbocycles. The number of aryl methyl sites for hydroxylation is 2. The molecule has 1 aliphatic heterocycles. The van der Waals surface area contributed by atoms with Gasteiger partial charge < -0.3 is 9.15 Å². The molecule has 7 rings (SSSR count). The first-order chi connectivity index (χ1) is 19.6. The van der Waals surface area contributed by atoms with E-state index in [1.807, 2.05) is 18.2 Å².